The van der Waals surface area contributed by atoms with E-state index in [1.54, 1.807) is 4.68 Å². The molecule has 27 heavy (non-hydrogen) atoms. The molecule has 1 N–H and O–H groups in total. The van der Waals surface area contributed by atoms with Crippen LogP contribution < -0.4 is 10.1 Å². The largest absolute Gasteiger partial charge is 0.463 e. The topological polar surface area (TPSA) is 69.0 Å². The van der Waals surface area contributed by atoms with Crippen LogP contribution in [0, 0.1) is 6.92 Å². The number of aromatic nitrogens is 3. The summed E-state index contributed by atoms with van der Waals surface area (Å²) >= 11 is 0. The number of ether oxygens (including phenoxy) is 1. The van der Waals surface area contributed by atoms with E-state index >= 15 is 0 Å². The van der Waals surface area contributed by atoms with E-state index in [2.05, 4.69) is 15.4 Å². The lowest BCUT2D eigenvalue weighted by atomic mass is 10.1. The fourth-order valence-corrected chi connectivity index (χ4v) is 2.80. The molecule has 0 aliphatic rings. The van der Waals surface area contributed by atoms with Gasteiger partial charge in [0.15, 0.2) is 5.82 Å². The highest BCUT2D eigenvalue weighted by molar-refractivity contribution is 5.90. The smallest absolute Gasteiger partial charge is 0.336 e. The summed E-state index contributed by atoms with van der Waals surface area (Å²) in [4.78, 5) is 16.3. The fourth-order valence-electron chi connectivity index (χ4n) is 2.80. The molecule has 1 aromatic heterocycles. The highest BCUT2D eigenvalue weighted by atomic mass is 16.5. The summed E-state index contributed by atoms with van der Waals surface area (Å²) in [6, 6.07) is 15.9. The van der Waals surface area contributed by atoms with E-state index in [1.807, 2.05) is 69.3 Å². The summed E-state index contributed by atoms with van der Waals surface area (Å²) in [5, 5.41) is 7.40. The van der Waals surface area contributed by atoms with Gasteiger partial charge in [0.05, 0.1) is 12.3 Å². The molecule has 0 bridgehead atoms. The number of hydrogen-bond donors (Lipinski definition) is 1. The molecule has 0 unspecified atom stereocenters. The minimum Gasteiger partial charge on any atom is -0.463 e. The molecular weight excluding hydrogens is 340 g/mol. The van der Waals surface area contributed by atoms with Gasteiger partial charge in [0, 0.05) is 17.7 Å². The molecule has 6 heteroatoms. The number of nitrogens with zero attached hydrogens (tertiary/aromatic N) is 3. The molecule has 140 valence electrons. The number of nitrogens with one attached hydrogen (secondary N) is 1. The van der Waals surface area contributed by atoms with E-state index in [0.29, 0.717) is 19.0 Å². The van der Waals surface area contributed by atoms with E-state index in [0.717, 1.165) is 34.7 Å². The number of aryl methyl sites for hydroxylation is 1. The Bertz CT molecular complexity index is 916. The molecule has 0 saturated heterocycles. The lowest BCUT2D eigenvalue weighted by Gasteiger charge is -2.09. The Morgan fingerprint density at radius 1 is 1.11 bits per heavy atom. The number of carbonyl (C=O) groups excluding carboxylic acids is 1. The maximum absolute atomic E-state index is 11.8. The third kappa shape index (κ3) is 4.34. The van der Waals surface area contributed by atoms with Crippen LogP contribution in [-0.2, 0) is 4.79 Å². The molecule has 0 spiro atoms. The molecule has 0 aliphatic heterocycles. The van der Waals surface area contributed by atoms with Crippen molar-refractivity contribution in [2.75, 3.05) is 11.9 Å². The number of hydrogen-bond acceptors (Lipinski definition) is 4. The molecule has 6 nitrogen and oxygen atoms in total. The Hall–Kier alpha value is -3.15. The second-order valence-corrected chi connectivity index (χ2v) is 6.22. The number of anilines is 1. The van der Waals surface area contributed by atoms with Crippen molar-refractivity contribution in [1.82, 2.24) is 14.8 Å². The van der Waals surface area contributed by atoms with Gasteiger partial charge in [-0.15, -0.1) is 5.10 Å². The van der Waals surface area contributed by atoms with E-state index < -0.39 is 0 Å². The average Bonchev–Trinajstić information content (AvgIpc) is 3.07. The summed E-state index contributed by atoms with van der Waals surface area (Å²) in [7, 11) is 0. The van der Waals surface area contributed by atoms with Gasteiger partial charge >= 0.3 is 6.01 Å². The Labute approximate surface area is 159 Å². The number of benzene rings is 2. The first kappa shape index (κ1) is 18.6. The van der Waals surface area contributed by atoms with Gasteiger partial charge in [0.2, 0.25) is 5.91 Å². The van der Waals surface area contributed by atoms with Gasteiger partial charge in [-0.25, -0.2) is 4.68 Å². The lowest BCUT2D eigenvalue weighted by molar-refractivity contribution is -0.116. The zero-order valence-corrected chi connectivity index (χ0v) is 15.9. The Morgan fingerprint density at radius 3 is 2.52 bits per heavy atom. The monoisotopic (exact) mass is 364 g/mol. The average molecular weight is 364 g/mol. The molecule has 0 atom stereocenters. The first-order valence-electron chi connectivity index (χ1n) is 9.18. The lowest BCUT2D eigenvalue weighted by Crippen LogP contribution is -2.10. The van der Waals surface area contributed by atoms with Crippen LogP contribution in [0.1, 0.15) is 32.3 Å². The van der Waals surface area contributed by atoms with Crippen molar-refractivity contribution in [3.63, 3.8) is 0 Å². The minimum atomic E-state index is 0.0187. The molecule has 1 heterocycles. The molecule has 3 aromatic rings. The van der Waals surface area contributed by atoms with E-state index in [4.69, 9.17) is 4.74 Å². The van der Waals surface area contributed by atoms with Crippen molar-refractivity contribution < 1.29 is 9.53 Å². The van der Waals surface area contributed by atoms with Crippen LogP contribution in [0.3, 0.4) is 0 Å². The Morgan fingerprint density at radius 2 is 1.85 bits per heavy atom. The summed E-state index contributed by atoms with van der Waals surface area (Å²) in [6.07, 6.45) is 1.34. The van der Waals surface area contributed by atoms with Crippen LogP contribution >= 0.6 is 0 Å². The normalized spacial score (nSPS) is 10.6. The molecule has 1 amide bonds. The van der Waals surface area contributed by atoms with Gasteiger partial charge in [0.1, 0.15) is 0 Å². The Balaban J connectivity index is 1.96. The zero-order chi connectivity index (χ0) is 19.2. The first-order valence-corrected chi connectivity index (χ1v) is 9.18. The molecule has 0 aliphatic carbocycles. The van der Waals surface area contributed by atoms with Crippen LogP contribution in [0.25, 0.3) is 17.1 Å². The van der Waals surface area contributed by atoms with Gasteiger partial charge in [-0.2, -0.15) is 4.98 Å². The van der Waals surface area contributed by atoms with E-state index in [1.165, 1.54) is 0 Å². The highest BCUT2D eigenvalue weighted by Gasteiger charge is 2.16. The van der Waals surface area contributed by atoms with Crippen molar-refractivity contribution in [3.8, 4) is 23.1 Å². The van der Waals surface area contributed by atoms with E-state index in [9.17, 15) is 4.79 Å². The maximum Gasteiger partial charge on any atom is 0.336 e. The summed E-state index contributed by atoms with van der Waals surface area (Å²) < 4.78 is 7.28. The highest BCUT2D eigenvalue weighted by Crippen LogP contribution is 2.26. The number of amides is 1. The van der Waals surface area contributed by atoms with Crippen LogP contribution in [0.4, 0.5) is 5.69 Å². The number of carbonyl (C=O) groups is 1. The summed E-state index contributed by atoms with van der Waals surface area (Å²) in [5.41, 5.74) is 3.72. The van der Waals surface area contributed by atoms with Crippen LogP contribution in [0.15, 0.2) is 48.5 Å². The van der Waals surface area contributed by atoms with Crippen molar-refractivity contribution in [2.24, 2.45) is 0 Å². The SMILES string of the molecule is CCCC(=O)Nc1ccc(-n2nc(OCC)nc2-c2ccccc2C)cc1. The molecule has 3 rings (SSSR count). The molecule has 0 saturated carbocycles. The second kappa shape index (κ2) is 8.49. The number of rotatable bonds is 7. The third-order valence-corrected chi connectivity index (χ3v) is 4.12. The molecule has 0 fully saturated rings. The molecular formula is C21H24N4O2. The fraction of sp³-hybridized carbons (Fsp3) is 0.286. The van der Waals surface area contributed by atoms with Gasteiger partial charge < -0.3 is 10.1 Å². The van der Waals surface area contributed by atoms with Crippen molar-refractivity contribution in [1.29, 1.82) is 0 Å². The van der Waals surface area contributed by atoms with Crippen LogP contribution in [0.2, 0.25) is 0 Å². The van der Waals surface area contributed by atoms with Crippen LogP contribution in [0.5, 0.6) is 6.01 Å². The predicted octanol–water partition coefficient (Wildman–Crippen LogP) is 4.38. The Kier molecular flexibility index (Phi) is 5.86. The standard InChI is InChI=1S/C21H24N4O2/c1-4-8-19(26)22-16-11-13-17(14-12-16)25-20(23-21(24-25)27-5-2)18-10-7-6-9-15(18)3/h6-7,9-14H,4-5,8H2,1-3H3,(H,22,26). The van der Waals surface area contributed by atoms with Gasteiger partial charge in [-0.1, -0.05) is 31.2 Å². The maximum atomic E-state index is 11.8. The molecule has 2 aromatic carbocycles. The van der Waals surface area contributed by atoms with Crippen LogP contribution in [-0.4, -0.2) is 27.3 Å². The van der Waals surface area contributed by atoms with Gasteiger partial charge in [-0.3, -0.25) is 4.79 Å². The van der Waals surface area contributed by atoms with E-state index in [-0.39, 0.29) is 5.91 Å². The quantitative estimate of drug-likeness (QED) is 0.675. The van der Waals surface area contributed by atoms with Crippen molar-refractivity contribution >= 4 is 11.6 Å². The first-order chi connectivity index (χ1) is 13.1. The summed E-state index contributed by atoms with van der Waals surface area (Å²) in [5.74, 6) is 0.740. The van der Waals surface area contributed by atoms with Gasteiger partial charge in [-0.05, 0) is 50.1 Å². The minimum absolute atomic E-state index is 0.0187. The third-order valence-electron chi connectivity index (χ3n) is 4.12. The predicted molar refractivity (Wildman–Crippen MR) is 106 cm³/mol. The van der Waals surface area contributed by atoms with Crippen molar-refractivity contribution in [3.05, 3.63) is 54.1 Å². The molecule has 0 radical (unpaired) electrons. The second-order valence-electron chi connectivity index (χ2n) is 6.22. The summed E-state index contributed by atoms with van der Waals surface area (Å²) in [6.45, 7) is 6.43. The van der Waals surface area contributed by atoms with Crippen molar-refractivity contribution in [2.45, 2.75) is 33.6 Å². The zero-order valence-electron chi connectivity index (χ0n) is 15.9. The van der Waals surface area contributed by atoms with Gasteiger partial charge in [0.25, 0.3) is 0 Å².